The van der Waals surface area contributed by atoms with Gasteiger partial charge in [-0.05, 0) is 0 Å². The van der Waals surface area contributed by atoms with Crippen LogP contribution in [0, 0.1) is 11.8 Å². The van der Waals surface area contributed by atoms with Crippen LogP contribution in [0.3, 0.4) is 0 Å². The van der Waals surface area contributed by atoms with E-state index in [1.54, 1.807) is 4.90 Å². The number of piperidine rings is 1. The molecule has 3 heteroatoms. The molecule has 1 aliphatic heterocycles. The highest BCUT2D eigenvalue weighted by Crippen LogP contribution is 2.44. The van der Waals surface area contributed by atoms with Gasteiger partial charge in [-0.1, -0.05) is 0 Å². The van der Waals surface area contributed by atoms with Crippen molar-refractivity contribution in [1.29, 1.82) is 0 Å². The lowest BCUT2D eigenvalue weighted by molar-refractivity contribution is -0.117. The van der Waals surface area contributed by atoms with Crippen LogP contribution in [0.4, 0.5) is 0 Å². The summed E-state index contributed by atoms with van der Waals surface area (Å²) in [5.74, 6) is 0.824. The molecule has 0 aromatic carbocycles. The van der Waals surface area contributed by atoms with Gasteiger partial charge >= 0.3 is 0 Å². The molecule has 1 saturated carbocycles. The summed E-state index contributed by atoms with van der Waals surface area (Å²) in [6.07, 6.45) is 0.764. The third kappa shape index (κ3) is 0.580. The lowest BCUT2D eigenvalue weighted by Crippen LogP contribution is -2.23. The van der Waals surface area contributed by atoms with Crippen molar-refractivity contribution in [2.75, 3.05) is 13.1 Å². The summed E-state index contributed by atoms with van der Waals surface area (Å²) in [7, 11) is 0. The van der Waals surface area contributed by atoms with Crippen molar-refractivity contribution in [2.24, 2.45) is 11.8 Å². The molecule has 3 nitrogen and oxygen atoms in total. The molecular formula is C6H9NO2. The van der Waals surface area contributed by atoms with E-state index in [1.165, 1.54) is 0 Å². The van der Waals surface area contributed by atoms with Crippen molar-refractivity contribution in [3.05, 3.63) is 0 Å². The zero-order valence-electron chi connectivity index (χ0n) is 5.03. The number of aliphatic hydroxyl groups excluding tert-OH is 1. The number of hydrogen-bond donors (Lipinski definition) is 1. The number of nitrogens with zero attached hydrogens (tertiary/aromatic N) is 1. The predicted octanol–water partition coefficient (Wildman–Crippen LogP) is -0.935. The summed E-state index contributed by atoms with van der Waals surface area (Å²) in [6.45, 7) is 1.55. The normalized spacial score (nSPS) is 46.8. The molecule has 0 bridgehead atoms. The third-order valence-corrected chi connectivity index (χ3v) is 2.33. The number of carbonyl (C=O) groups is 1. The number of aliphatic hydroxyl groups is 1. The van der Waals surface area contributed by atoms with Gasteiger partial charge in [-0.3, -0.25) is 4.79 Å². The monoisotopic (exact) mass is 127 g/mol. The van der Waals surface area contributed by atoms with Gasteiger partial charge in [0.25, 0.3) is 0 Å². The molecule has 2 atom stereocenters. The molecule has 2 aliphatic rings. The van der Waals surface area contributed by atoms with Crippen molar-refractivity contribution in [1.82, 2.24) is 4.90 Å². The maximum Gasteiger partial charge on any atom is 0.209 e. The number of rotatable bonds is 1. The smallest absolute Gasteiger partial charge is 0.209 e. The summed E-state index contributed by atoms with van der Waals surface area (Å²) >= 11 is 0. The lowest BCUT2D eigenvalue weighted by atomic mass is 10.4. The van der Waals surface area contributed by atoms with E-state index in [2.05, 4.69) is 0 Å². The van der Waals surface area contributed by atoms with Gasteiger partial charge in [0.1, 0.15) is 0 Å². The molecule has 2 unspecified atom stereocenters. The number of fused-ring (bicyclic) bond motifs is 1. The zero-order chi connectivity index (χ0) is 6.43. The first kappa shape index (κ1) is 5.23. The van der Waals surface area contributed by atoms with Gasteiger partial charge in [0.05, 0.1) is 6.10 Å². The van der Waals surface area contributed by atoms with Crippen molar-refractivity contribution in [2.45, 2.75) is 6.10 Å². The molecule has 2 rings (SSSR count). The Bertz CT molecular complexity index is 136. The van der Waals surface area contributed by atoms with Crippen LogP contribution >= 0.6 is 0 Å². The lowest BCUT2D eigenvalue weighted by Gasteiger charge is -2.10. The van der Waals surface area contributed by atoms with E-state index in [-0.39, 0.29) is 6.10 Å². The van der Waals surface area contributed by atoms with Crippen LogP contribution in [0.1, 0.15) is 0 Å². The third-order valence-electron chi connectivity index (χ3n) is 2.33. The number of hydrogen-bond acceptors (Lipinski definition) is 2. The van der Waals surface area contributed by atoms with E-state index < -0.39 is 0 Å². The molecule has 1 amide bonds. The zero-order valence-corrected chi connectivity index (χ0v) is 5.03. The van der Waals surface area contributed by atoms with E-state index in [1.807, 2.05) is 0 Å². The molecule has 1 N–H and O–H groups in total. The van der Waals surface area contributed by atoms with E-state index in [0.717, 1.165) is 19.5 Å². The van der Waals surface area contributed by atoms with Gasteiger partial charge in [-0.2, -0.15) is 0 Å². The second-order valence-corrected chi connectivity index (χ2v) is 2.88. The predicted molar refractivity (Wildman–Crippen MR) is 30.6 cm³/mol. The molecule has 0 radical (unpaired) electrons. The van der Waals surface area contributed by atoms with Crippen molar-refractivity contribution >= 4 is 6.41 Å². The second-order valence-electron chi connectivity index (χ2n) is 2.88. The molecular weight excluding hydrogens is 118 g/mol. The van der Waals surface area contributed by atoms with Crippen LogP contribution < -0.4 is 0 Å². The van der Waals surface area contributed by atoms with Gasteiger partial charge < -0.3 is 10.0 Å². The fraction of sp³-hybridized carbons (Fsp3) is 0.833. The molecule has 2 fully saturated rings. The van der Waals surface area contributed by atoms with Crippen molar-refractivity contribution in [3.63, 3.8) is 0 Å². The molecule has 9 heavy (non-hydrogen) atoms. The fourth-order valence-electron chi connectivity index (χ4n) is 1.61. The average molecular weight is 127 g/mol. The SMILES string of the molecule is O=CN1CC2C(O)C2C1. The van der Waals surface area contributed by atoms with Crippen molar-refractivity contribution < 1.29 is 9.90 Å². The van der Waals surface area contributed by atoms with Gasteiger partial charge in [0.2, 0.25) is 6.41 Å². The highest BCUT2D eigenvalue weighted by molar-refractivity contribution is 5.48. The van der Waals surface area contributed by atoms with E-state index >= 15 is 0 Å². The van der Waals surface area contributed by atoms with E-state index in [9.17, 15) is 4.79 Å². The Morgan fingerprint density at radius 1 is 1.44 bits per heavy atom. The van der Waals surface area contributed by atoms with Crippen molar-refractivity contribution in [3.8, 4) is 0 Å². The van der Waals surface area contributed by atoms with E-state index in [4.69, 9.17) is 5.11 Å². The summed E-state index contributed by atoms with van der Waals surface area (Å²) in [5.41, 5.74) is 0. The first-order chi connectivity index (χ1) is 4.33. The molecule has 0 aromatic heterocycles. The van der Waals surface area contributed by atoms with Crippen LogP contribution in [0.15, 0.2) is 0 Å². The van der Waals surface area contributed by atoms with Gasteiger partial charge in [0.15, 0.2) is 0 Å². The van der Waals surface area contributed by atoms with Crippen LogP contribution in [-0.2, 0) is 4.79 Å². The largest absolute Gasteiger partial charge is 0.392 e. The highest BCUT2D eigenvalue weighted by Gasteiger charge is 2.54. The summed E-state index contributed by atoms with van der Waals surface area (Å²) < 4.78 is 0. The molecule has 0 spiro atoms. The Balaban J connectivity index is 1.96. The maximum atomic E-state index is 10.1. The van der Waals surface area contributed by atoms with E-state index in [0.29, 0.717) is 11.8 Å². The Morgan fingerprint density at radius 3 is 2.44 bits per heavy atom. The molecule has 1 aliphatic carbocycles. The average Bonchev–Trinajstić information content (AvgIpc) is 2.32. The van der Waals surface area contributed by atoms with Crippen LogP contribution in [0.2, 0.25) is 0 Å². The summed E-state index contributed by atoms with van der Waals surface area (Å²) in [4.78, 5) is 11.8. The first-order valence-corrected chi connectivity index (χ1v) is 3.20. The number of amides is 1. The molecule has 0 aromatic rings. The maximum absolute atomic E-state index is 10.1. The number of likely N-dealkylation sites (tertiary alicyclic amines) is 1. The fourth-order valence-corrected chi connectivity index (χ4v) is 1.61. The Kier molecular flexibility index (Phi) is 0.858. The highest BCUT2D eigenvalue weighted by atomic mass is 16.3. The van der Waals surface area contributed by atoms with Gasteiger partial charge in [-0.25, -0.2) is 0 Å². The Labute approximate surface area is 53.3 Å². The van der Waals surface area contributed by atoms with Crippen LogP contribution in [-0.4, -0.2) is 35.6 Å². The van der Waals surface area contributed by atoms with Crippen LogP contribution in [0.25, 0.3) is 0 Å². The summed E-state index contributed by atoms with van der Waals surface area (Å²) in [6, 6.07) is 0. The molecule has 50 valence electrons. The number of carbonyl (C=O) groups excluding carboxylic acids is 1. The first-order valence-electron chi connectivity index (χ1n) is 3.20. The minimum Gasteiger partial charge on any atom is -0.392 e. The Hall–Kier alpha value is -0.570. The second kappa shape index (κ2) is 1.48. The summed E-state index contributed by atoms with van der Waals surface area (Å²) in [5, 5.41) is 9.02. The minimum atomic E-state index is -0.0961. The van der Waals surface area contributed by atoms with Crippen LogP contribution in [0.5, 0.6) is 0 Å². The molecule has 1 heterocycles. The standard InChI is InChI=1S/C6H9NO2/c8-3-7-1-4-5(2-7)6(4)9/h3-6,9H,1-2H2. The topological polar surface area (TPSA) is 40.5 Å². The van der Waals surface area contributed by atoms with Gasteiger partial charge in [-0.15, -0.1) is 0 Å². The quantitative estimate of drug-likeness (QED) is 0.462. The van der Waals surface area contributed by atoms with Gasteiger partial charge in [0, 0.05) is 24.9 Å². The Morgan fingerprint density at radius 2 is 2.00 bits per heavy atom. The molecule has 1 saturated heterocycles. The minimum absolute atomic E-state index is 0.0961.